The number of piperazine rings is 1. The van der Waals surface area contributed by atoms with Crippen LogP contribution in [0.25, 0.3) is 0 Å². The third-order valence-electron chi connectivity index (χ3n) is 4.54. The Balaban J connectivity index is 1.56. The topological polar surface area (TPSA) is 41.4 Å². The fourth-order valence-electron chi connectivity index (χ4n) is 3.19. The van der Waals surface area contributed by atoms with Crippen LogP contribution in [-0.2, 0) is 11.3 Å². The largest absolute Gasteiger partial charge is 0.338 e. The molecule has 7 heteroatoms. The summed E-state index contributed by atoms with van der Waals surface area (Å²) in [6.45, 7) is 6.13. The minimum atomic E-state index is -0.231. The molecule has 1 aliphatic heterocycles. The third kappa shape index (κ3) is 4.63. The van der Waals surface area contributed by atoms with Crippen LogP contribution in [0.1, 0.15) is 24.9 Å². The average Bonchev–Trinajstić information content (AvgIpc) is 3.02. The van der Waals surface area contributed by atoms with Gasteiger partial charge in [0, 0.05) is 43.9 Å². The first kappa shape index (κ1) is 18.4. The summed E-state index contributed by atoms with van der Waals surface area (Å²) in [5.74, 6) is 0.153. The molecule has 5 nitrogen and oxygen atoms in total. The lowest BCUT2D eigenvalue weighted by atomic mass is 10.1. The molecule has 2 heterocycles. The van der Waals surface area contributed by atoms with Crippen LogP contribution in [-0.4, -0.2) is 51.7 Å². The summed E-state index contributed by atoms with van der Waals surface area (Å²) in [6, 6.07) is 7.73. The van der Waals surface area contributed by atoms with E-state index in [-0.39, 0.29) is 11.9 Å². The van der Waals surface area contributed by atoms with Crippen LogP contribution in [0, 0.1) is 0 Å². The number of hydrogen-bond donors (Lipinski definition) is 0. The zero-order chi connectivity index (χ0) is 17.8. The van der Waals surface area contributed by atoms with Crippen LogP contribution >= 0.6 is 27.5 Å². The lowest BCUT2D eigenvalue weighted by Crippen LogP contribution is -2.50. The standard InChI is InChI=1S/C18H22BrClN4O/c1-2-17(24-13-15(19)11-21-24)18(25)23-8-6-22(7-9-23)12-14-4-3-5-16(20)10-14/h3-5,10-11,13,17H,2,6-9,12H2,1H3. The maximum Gasteiger partial charge on any atom is 0.247 e. The molecule has 25 heavy (non-hydrogen) atoms. The number of aromatic nitrogens is 2. The summed E-state index contributed by atoms with van der Waals surface area (Å²) in [5, 5.41) is 5.05. The van der Waals surface area contributed by atoms with Crippen molar-refractivity contribution in [1.29, 1.82) is 0 Å². The number of hydrogen-bond acceptors (Lipinski definition) is 3. The minimum absolute atomic E-state index is 0.153. The number of benzene rings is 1. The van der Waals surface area contributed by atoms with Crippen molar-refractivity contribution in [3.05, 3.63) is 51.7 Å². The molecule has 2 aromatic rings. The van der Waals surface area contributed by atoms with E-state index in [9.17, 15) is 4.79 Å². The van der Waals surface area contributed by atoms with Gasteiger partial charge in [-0.3, -0.25) is 14.4 Å². The zero-order valence-corrected chi connectivity index (χ0v) is 16.6. The van der Waals surface area contributed by atoms with Crippen LogP contribution in [0.4, 0.5) is 0 Å². The Kier molecular flexibility index (Phi) is 6.15. The quantitative estimate of drug-likeness (QED) is 0.735. The van der Waals surface area contributed by atoms with E-state index in [0.717, 1.165) is 48.6 Å². The monoisotopic (exact) mass is 424 g/mol. The number of carbonyl (C=O) groups excluding carboxylic acids is 1. The molecule has 0 radical (unpaired) electrons. The van der Waals surface area contributed by atoms with Crippen molar-refractivity contribution in [2.75, 3.05) is 26.2 Å². The van der Waals surface area contributed by atoms with Gasteiger partial charge < -0.3 is 4.90 Å². The van der Waals surface area contributed by atoms with Gasteiger partial charge in [-0.1, -0.05) is 30.7 Å². The Hall–Kier alpha value is -1.37. The van der Waals surface area contributed by atoms with Crippen molar-refractivity contribution in [1.82, 2.24) is 19.6 Å². The maximum absolute atomic E-state index is 12.9. The molecule has 1 aromatic carbocycles. The minimum Gasteiger partial charge on any atom is -0.338 e. The van der Waals surface area contributed by atoms with Gasteiger partial charge >= 0.3 is 0 Å². The highest BCUT2D eigenvalue weighted by Gasteiger charge is 2.28. The molecule has 0 saturated carbocycles. The summed E-state index contributed by atoms with van der Waals surface area (Å²) in [5.41, 5.74) is 1.21. The Morgan fingerprint density at radius 1 is 1.32 bits per heavy atom. The van der Waals surface area contributed by atoms with Crippen LogP contribution < -0.4 is 0 Å². The molecule has 0 bridgehead atoms. The molecule has 0 aliphatic carbocycles. The second-order valence-electron chi connectivity index (χ2n) is 6.29. The fraction of sp³-hybridized carbons (Fsp3) is 0.444. The summed E-state index contributed by atoms with van der Waals surface area (Å²) >= 11 is 9.45. The Labute approximate surface area is 161 Å². The van der Waals surface area contributed by atoms with E-state index in [2.05, 4.69) is 32.0 Å². The third-order valence-corrected chi connectivity index (χ3v) is 5.18. The van der Waals surface area contributed by atoms with Gasteiger partial charge in [0.1, 0.15) is 6.04 Å². The summed E-state index contributed by atoms with van der Waals surface area (Å²) in [7, 11) is 0. The molecule has 1 aromatic heterocycles. The normalized spacial score (nSPS) is 16.8. The van der Waals surface area contributed by atoms with E-state index in [0.29, 0.717) is 0 Å². The van der Waals surface area contributed by atoms with E-state index in [1.807, 2.05) is 36.2 Å². The molecule has 0 N–H and O–H groups in total. The van der Waals surface area contributed by atoms with Crippen molar-refractivity contribution < 1.29 is 4.79 Å². The molecule has 0 spiro atoms. The average molecular weight is 426 g/mol. The Bertz CT molecular complexity index is 727. The Morgan fingerprint density at radius 2 is 2.08 bits per heavy atom. The van der Waals surface area contributed by atoms with Crippen molar-refractivity contribution in [2.24, 2.45) is 0 Å². The van der Waals surface area contributed by atoms with Gasteiger partial charge in [0.2, 0.25) is 5.91 Å². The smallest absolute Gasteiger partial charge is 0.247 e. The lowest BCUT2D eigenvalue weighted by Gasteiger charge is -2.36. The molecule has 1 aliphatic rings. The second kappa shape index (κ2) is 8.34. The highest BCUT2D eigenvalue weighted by atomic mass is 79.9. The van der Waals surface area contributed by atoms with Crippen molar-refractivity contribution in [3.8, 4) is 0 Å². The van der Waals surface area contributed by atoms with Crippen LogP contribution in [0.5, 0.6) is 0 Å². The van der Waals surface area contributed by atoms with Gasteiger partial charge in [-0.15, -0.1) is 0 Å². The molecule has 1 atom stereocenters. The molecule has 1 unspecified atom stereocenters. The SMILES string of the molecule is CCC(C(=O)N1CCN(Cc2cccc(Cl)c2)CC1)n1cc(Br)cn1. The molecule has 3 rings (SSSR count). The number of nitrogens with zero attached hydrogens (tertiary/aromatic N) is 4. The molecule has 134 valence electrons. The zero-order valence-electron chi connectivity index (χ0n) is 14.2. The van der Waals surface area contributed by atoms with Gasteiger partial charge in [0.15, 0.2) is 0 Å². The number of rotatable bonds is 5. The first-order valence-electron chi connectivity index (χ1n) is 8.52. The molecular formula is C18H22BrClN4O. The van der Waals surface area contributed by atoms with Crippen molar-refractivity contribution >= 4 is 33.4 Å². The predicted octanol–water partition coefficient (Wildman–Crippen LogP) is 3.59. The second-order valence-corrected chi connectivity index (χ2v) is 7.65. The van der Waals surface area contributed by atoms with Gasteiger partial charge in [-0.05, 0) is 40.0 Å². The van der Waals surface area contributed by atoms with Crippen LogP contribution in [0.15, 0.2) is 41.1 Å². The summed E-state index contributed by atoms with van der Waals surface area (Å²) in [4.78, 5) is 17.2. The maximum atomic E-state index is 12.9. The van der Waals surface area contributed by atoms with E-state index in [1.165, 1.54) is 5.56 Å². The van der Waals surface area contributed by atoms with Crippen molar-refractivity contribution in [2.45, 2.75) is 25.9 Å². The lowest BCUT2D eigenvalue weighted by molar-refractivity contribution is -0.137. The predicted molar refractivity (Wildman–Crippen MR) is 103 cm³/mol. The number of carbonyl (C=O) groups is 1. The van der Waals surface area contributed by atoms with Crippen LogP contribution in [0.3, 0.4) is 0 Å². The highest BCUT2D eigenvalue weighted by molar-refractivity contribution is 9.10. The van der Waals surface area contributed by atoms with E-state index in [4.69, 9.17) is 11.6 Å². The molecular weight excluding hydrogens is 404 g/mol. The van der Waals surface area contributed by atoms with E-state index < -0.39 is 0 Å². The van der Waals surface area contributed by atoms with Crippen LogP contribution in [0.2, 0.25) is 5.02 Å². The number of halogens is 2. The van der Waals surface area contributed by atoms with Gasteiger partial charge in [0.25, 0.3) is 0 Å². The first-order valence-corrected chi connectivity index (χ1v) is 9.69. The highest BCUT2D eigenvalue weighted by Crippen LogP contribution is 2.19. The van der Waals surface area contributed by atoms with Crippen molar-refractivity contribution in [3.63, 3.8) is 0 Å². The molecule has 1 saturated heterocycles. The van der Waals surface area contributed by atoms with Gasteiger partial charge in [0.05, 0.1) is 10.7 Å². The summed E-state index contributed by atoms with van der Waals surface area (Å²) in [6.07, 6.45) is 4.32. The van der Waals surface area contributed by atoms with E-state index in [1.54, 1.807) is 10.9 Å². The first-order chi connectivity index (χ1) is 12.1. The fourth-order valence-corrected chi connectivity index (χ4v) is 3.70. The Morgan fingerprint density at radius 3 is 2.68 bits per heavy atom. The number of amides is 1. The van der Waals surface area contributed by atoms with Gasteiger partial charge in [-0.25, -0.2) is 0 Å². The molecule has 1 amide bonds. The van der Waals surface area contributed by atoms with Gasteiger partial charge in [-0.2, -0.15) is 5.10 Å². The summed E-state index contributed by atoms with van der Waals surface area (Å²) < 4.78 is 2.65. The molecule has 1 fully saturated rings. The van der Waals surface area contributed by atoms with E-state index >= 15 is 0 Å².